The number of hydrogen-bond donors (Lipinski definition) is 2. The van der Waals surface area contributed by atoms with E-state index < -0.39 is 0 Å². The lowest BCUT2D eigenvalue weighted by atomic mass is 9.97. The second-order valence-corrected chi connectivity index (χ2v) is 7.62. The number of piperidine rings is 1. The predicted octanol–water partition coefficient (Wildman–Crippen LogP) is 3.34. The third-order valence-corrected chi connectivity index (χ3v) is 5.76. The normalized spacial score (nSPS) is 21.3. The monoisotopic (exact) mass is 376 g/mol. The van der Waals surface area contributed by atoms with Gasteiger partial charge in [0.15, 0.2) is 0 Å². The second kappa shape index (κ2) is 9.85. The molecule has 3 rings (SSSR count). The van der Waals surface area contributed by atoms with Gasteiger partial charge in [0.05, 0.1) is 6.17 Å². The van der Waals surface area contributed by atoms with Gasteiger partial charge in [-0.2, -0.15) is 0 Å². The minimum atomic E-state index is 0. The Labute approximate surface area is 168 Å². The van der Waals surface area contributed by atoms with Gasteiger partial charge in [0.1, 0.15) is 0 Å². The molecule has 3 heterocycles. The van der Waals surface area contributed by atoms with E-state index in [9.17, 15) is 0 Å². The van der Waals surface area contributed by atoms with Crippen LogP contribution in [0.3, 0.4) is 0 Å². The van der Waals surface area contributed by atoms with Crippen LogP contribution >= 0.6 is 0 Å². The van der Waals surface area contributed by atoms with Crippen LogP contribution in [0.1, 0.15) is 49.4 Å². The average molecular weight is 377 g/mol. The summed E-state index contributed by atoms with van der Waals surface area (Å²) in [6, 6.07) is 0. The Bertz CT molecular complexity index is 635. The number of rotatable bonds is 6. The Morgan fingerprint density at radius 1 is 1.22 bits per heavy atom. The molecular formula is C21H40N6. The molecule has 0 amide bonds. The van der Waals surface area contributed by atoms with Crippen molar-refractivity contribution < 1.29 is 4.28 Å². The van der Waals surface area contributed by atoms with Crippen molar-refractivity contribution in [3.8, 4) is 0 Å². The van der Waals surface area contributed by atoms with Crippen LogP contribution in [0.4, 0.5) is 5.95 Å². The van der Waals surface area contributed by atoms with Crippen molar-refractivity contribution in [2.75, 3.05) is 37.6 Å². The molecule has 154 valence electrons. The summed E-state index contributed by atoms with van der Waals surface area (Å²) in [5.41, 5.74) is 7.52. The van der Waals surface area contributed by atoms with Gasteiger partial charge in [-0.3, -0.25) is 4.90 Å². The average Bonchev–Trinajstić information content (AvgIpc) is 3.01. The summed E-state index contributed by atoms with van der Waals surface area (Å²) in [5, 5.41) is 3.76. The third kappa shape index (κ3) is 5.53. The molecule has 2 aliphatic rings. The van der Waals surface area contributed by atoms with Crippen LogP contribution in [0.15, 0.2) is 30.6 Å². The molecule has 0 aliphatic carbocycles. The summed E-state index contributed by atoms with van der Waals surface area (Å²) >= 11 is 0. The van der Waals surface area contributed by atoms with Gasteiger partial charge in [0.25, 0.3) is 0 Å². The SMILES string of the molecule is C/C=C(/N)c1cnc(N2CCC(CNC(C)N3CCC=CCC3)CC2)nc1.[HH].[HH].[HH]. The molecule has 0 saturated carbocycles. The molecule has 2 aliphatic heterocycles. The number of allylic oxidation sites excluding steroid dienone is 1. The van der Waals surface area contributed by atoms with E-state index in [0.717, 1.165) is 55.9 Å². The van der Waals surface area contributed by atoms with E-state index in [4.69, 9.17) is 5.73 Å². The minimum Gasteiger partial charge on any atom is -0.398 e. The largest absolute Gasteiger partial charge is 0.398 e. The number of anilines is 1. The van der Waals surface area contributed by atoms with Gasteiger partial charge in [0, 0.05) is 54.1 Å². The summed E-state index contributed by atoms with van der Waals surface area (Å²) < 4.78 is 0. The van der Waals surface area contributed by atoms with E-state index in [1.807, 2.05) is 25.4 Å². The van der Waals surface area contributed by atoms with E-state index >= 15 is 0 Å². The Morgan fingerprint density at radius 2 is 1.85 bits per heavy atom. The van der Waals surface area contributed by atoms with Crippen LogP contribution in [0.25, 0.3) is 5.70 Å². The van der Waals surface area contributed by atoms with Gasteiger partial charge in [-0.25, -0.2) is 9.97 Å². The summed E-state index contributed by atoms with van der Waals surface area (Å²) in [7, 11) is 0. The van der Waals surface area contributed by atoms with Crippen molar-refractivity contribution in [2.24, 2.45) is 11.7 Å². The molecule has 0 radical (unpaired) electrons. The van der Waals surface area contributed by atoms with Gasteiger partial charge in [-0.15, -0.1) is 0 Å². The molecule has 6 heteroatoms. The van der Waals surface area contributed by atoms with Crippen LogP contribution in [0.5, 0.6) is 0 Å². The lowest BCUT2D eigenvalue weighted by molar-refractivity contribution is 0.177. The van der Waals surface area contributed by atoms with Crippen LogP contribution in [-0.2, 0) is 0 Å². The third-order valence-electron chi connectivity index (χ3n) is 5.76. The van der Waals surface area contributed by atoms with Crippen LogP contribution in [-0.4, -0.2) is 53.8 Å². The van der Waals surface area contributed by atoms with Gasteiger partial charge in [0.2, 0.25) is 5.95 Å². The Kier molecular flexibility index (Phi) is 7.24. The quantitative estimate of drug-likeness (QED) is 0.742. The van der Waals surface area contributed by atoms with Gasteiger partial charge >= 0.3 is 0 Å². The predicted molar refractivity (Wildman–Crippen MR) is 119 cm³/mol. The van der Waals surface area contributed by atoms with E-state index in [1.165, 1.54) is 25.7 Å². The minimum absolute atomic E-state index is 0. The van der Waals surface area contributed by atoms with Crippen LogP contribution in [0.2, 0.25) is 0 Å². The smallest absolute Gasteiger partial charge is 0.225 e. The molecule has 27 heavy (non-hydrogen) atoms. The summed E-state index contributed by atoms with van der Waals surface area (Å²) in [6.45, 7) is 9.68. The molecule has 0 aromatic carbocycles. The standard InChI is InChI=1S/C21H34N6.3H2/c1-3-20(22)19-15-24-21(25-16-19)27-12-8-18(9-13-27)14-23-17(2)26-10-6-4-5-7-11-26;;;/h3-5,15-18,23H,6-14,22H2,1-2H3;3*1H/b20-3+;;;. The Hall–Kier alpha value is -1.92. The highest BCUT2D eigenvalue weighted by atomic mass is 15.3. The topological polar surface area (TPSA) is 70.3 Å². The molecule has 1 unspecified atom stereocenters. The Balaban J connectivity index is 0.00000280. The number of nitrogens with one attached hydrogen (secondary N) is 1. The first-order chi connectivity index (χ1) is 13.2. The zero-order valence-corrected chi connectivity index (χ0v) is 16.8. The van der Waals surface area contributed by atoms with Crippen molar-refractivity contribution in [3.05, 3.63) is 36.2 Å². The molecule has 6 nitrogen and oxygen atoms in total. The maximum atomic E-state index is 5.91. The van der Waals surface area contributed by atoms with Crippen LogP contribution < -0.4 is 16.0 Å². The van der Waals surface area contributed by atoms with Crippen molar-refractivity contribution in [2.45, 2.75) is 45.7 Å². The highest BCUT2D eigenvalue weighted by molar-refractivity contribution is 5.61. The van der Waals surface area contributed by atoms with Gasteiger partial charge in [-0.1, -0.05) is 18.2 Å². The van der Waals surface area contributed by atoms with Crippen molar-refractivity contribution in [3.63, 3.8) is 0 Å². The highest BCUT2D eigenvalue weighted by Crippen LogP contribution is 2.21. The van der Waals surface area contributed by atoms with E-state index in [-0.39, 0.29) is 4.28 Å². The summed E-state index contributed by atoms with van der Waals surface area (Å²) in [5.74, 6) is 1.55. The van der Waals surface area contributed by atoms with E-state index in [0.29, 0.717) is 6.17 Å². The van der Waals surface area contributed by atoms with Crippen LogP contribution in [0, 0.1) is 5.92 Å². The molecule has 1 aromatic rings. The fourth-order valence-electron chi connectivity index (χ4n) is 3.82. The summed E-state index contributed by atoms with van der Waals surface area (Å²) in [6.07, 6.45) is 15.3. The molecule has 1 atom stereocenters. The van der Waals surface area contributed by atoms with E-state index in [1.54, 1.807) is 0 Å². The molecule has 1 saturated heterocycles. The fraction of sp³-hybridized carbons (Fsp3) is 0.619. The first kappa shape index (κ1) is 19.8. The molecule has 3 N–H and O–H groups in total. The lowest BCUT2D eigenvalue weighted by Gasteiger charge is -2.34. The van der Waals surface area contributed by atoms with Gasteiger partial charge in [-0.05, 0) is 52.0 Å². The first-order valence-corrected chi connectivity index (χ1v) is 10.3. The number of aromatic nitrogens is 2. The summed E-state index contributed by atoms with van der Waals surface area (Å²) in [4.78, 5) is 13.9. The first-order valence-electron chi connectivity index (χ1n) is 10.3. The van der Waals surface area contributed by atoms with Gasteiger partial charge < -0.3 is 16.0 Å². The van der Waals surface area contributed by atoms with Crippen molar-refractivity contribution >= 4 is 11.6 Å². The zero-order valence-electron chi connectivity index (χ0n) is 16.8. The maximum absolute atomic E-state index is 5.91. The molecule has 0 spiro atoms. The lowest BCUT2D eigenvalue weighted by Crippen LogP contribution is -2.47. The number of hydrogen-bond acceptors (Lipinski definition) is 6. The molecular weight excluding hydrogens is 336 g/mol. The molecule has 1 aromatic heterocycles. The van der Waals surface area contributed by atoms with E-state index in [2.05, 4.69) is 44.2 Å². The molecule has 0 bridgehead atoms. The number of nitrogens with two attached hydrogens (primary N) is 1. The van der Waals surface area contributed by atoms with Crippen molar-refractivity contribution in [1.82, 2.24) is 20.2 Å². The highest BCUT2D eigenvalue weighted by Gasteiger charge is 2.22. The Morgan fingerprint density at radius 3 is 2.44 bits per heavy atom. The van der Waals surface area contributed by atoms with Crippen molar-refractivity contribution in [1.29, 1.82) is 0 Å². The number of nitrogens with zero attached hydrogens (tertiary/aromatic N) is 4. The zero-order chi connectivity index (χ0) is 19.1. The molecule has 1 fully saturated rings. The maximum Gasteiger partial charge on any atom is 0.225 e. The fourth-order valence-corrected chi connectivity index (χ4v) is 3.82. The second-order valence-electron chi connectivity index (χ2n) is 7.62.